The van der Waals surface area contributed by atoms with Crippen LogP contribution in [0.2, 0.25) is 0 Å². The van der Waals surface area contributed by atoms with Crippen molar-refractivity contribution in [2.24, 2.45) is 5.10 Å². The van der Waals surface area contributed by atoms with Crippen LogP contribution in [0.1, 0.15) is 32.3 Å². The van der Waals surface area contributed by atoms with E-state index in [0.29, 0.717) is 31.2 Å². The number of ether oxygens (including phenoxy) is 1. The molecule has 0 spiro atoms. The molecule has 0 aliphatic carbocycles. The molecular formula is C17H25N3O3. The van der Waals surface area contributed by atoms with E-state index in [0.717, 1.165) is 11.3 Å². The molecule has 1 amide bonds. The Kier molecular flexibility index (Phi) is 6.12. The molecule has 1 heterocycles. The van der Waals surface area contributed by atoms with Gasteiger partial charge in [0.25, 0.3) is 0 Å². The van der Waals surface area contributed by atoms with Gasteiger partial charge in [-0.3, -0.25) is 4.79 Å². The smallest absolute Gasteiger partial charge is 0.242 e. The number of nitrogens with zero attached hydrogens (tertiary/aromatic N) is 2. The number of hydrazone groups is 1. The third-order valence-electron chi connectivity index (χ3n) is 3.60. The number of para-hydroxylation sites is 1. The van der Waals surface area contributed by atoms with Gasteiger partial charge in [0, 0.05) is 38.0 Å². The van der Waals surface area contributed by atoms with Gasteiger partial charge in [-0.15, -0.1) is 0 Å². The highest BCUT2D eigenvalue weighted by molar-refractivity contribution is 6.05. The van der Waals surface area contributed by atoms with Crippen LogP contribution in [0.5, 0.6) is 5.75 Å². The standard InChI is InChI=1S/C17H25N3O3/c1-12(2)18-10-13(21)11-23-16-7-5-4-6-14(16)15-8-9-17(22)20(3)19-15/h4-7,12-13,18,21H,8-11H2,1-3H3. The maximum absolute atomic E-state index is 11.5. The van der Waals surface area contributed by atoms with Gasteiger partial charge in [-0.05, 0) is 12.1 Å². The maximum atomic E-state index is 11.5. The number of carbonyl (C=O) groups is 1. The van der Waals surface area contributed by atoms with Crippen LogP contribution in [0.3, 0.4) is 0 Å². The summed E-state index contributed by atoms with van der Waals surface area (Å²) in [5.41, 5.74) is 1.70. The lowest BCUT2D eigenvalue weighted by Crippen LogP contribution is -2.35. The van der Waals surface area contributed by atoms with Crippen LogP contribution in [0, 0.1) is 0 Å². The lowest BCUT2D eigenvalue weighted by atomic mass is 10.0. The molecule has 2 rings (SSSR count). The molecule has 126 valence electrons. The van der Waals surface area contributed by atoms with Crippen molar-refractivity contribution in [1.29, 1.82) is 0 Å². The van der Waals surface area contributed by atoms with Crippen LogP contribution in [-0.4, -0.2) is 54.1 Å². The summed E-state index contributed by atoms with van der Waals surface area (Å²) in [5, 5.41) is 18.8. The van der Waals surface area contributed by atoms with Gasteiger partial charge >= 0.3 is 0 Å². The number of rotatable bonds is 7. The molecule has 0 radical (unpaired) electrons. The Morgan fingerprint density at radius 3 is 2.78 bits per heavy atom. The lowest BCUT2D eigenvalue weighted by molar-refractivity contribution is -0.130. The molecule has 6 heteroatoms. The van der Waals surface area contributed by atoms with Crippen molar-refractivity contribution in [3.8, 4) is 5.75 Å². The fraction of sp³-hybridized carbons (Fsp3) is 0.529. The van der Waals surface area contributed by atoms with Gasteiger partial charge in [0.2, 0.25) is 5.91 Å². The Morgan fingerprint density at radius 1 is 1.35 bits per heavy atom. The van der Waals surface area contributed by atoms with Crippen molar-refractivity contribution < 1.29 is 14.6 Å². The molecule has 1 aliphatic heterocycles. The van der Waals surface area contributed by atoms with E-state index in [4.69, 9.17) is 4.74 Å². The van der Waals surface area contributed by atoms with Crippen molar-refractivity contribution in [3.63, 3.8) is 0 Å². The summed E-state index contributed by atoms with van der Waals surface area (Å²) in [4.78, 5) is 11.5. The molecule has 1 unspecified atom stereocenters. The molecule has 23 heavy (non-hydrogen) atoms. The quantitative estimate of drug-likeness (QED) is 0.796. The second kappa shape index (κ2) is 8.08. The molecule has 1 aromatic rings. The first kappa shape index (κ1) is 17.4. The Morgan fingerprint density at radius 2 is 2.09 bits per heavy atom. The SMILES string of the molecule is CC(C)NCC(O)COc1ccccc1C1=NN(C)C(=O)CC1. The van der Waals surface area contributed by atoms with E-state index >= 15 is 0 Å². The first-order valence-electron chi connectivity index (χ1n) is 7.95. The predicted octanol–water partition coefficient (Wildman–Crippen LogP) is 1.38. The van der Waals surface area contributed by atoms with E-state index in [1.54, 1.807) is 7.05 Å². The number of aliphatic hydroxyl groups excluding tert-OH is 1. The second-order valence-electron chi connectivity index (χ2n) is 5.99. The first-order valence-corrected chi connectivity index (χ1v) is 7.95. The molecule has 1 atom stereocenters. The fourth-order valence-corrected chi connectivity index (χ4v) is 2.31. The Balaban J connectivity index is 2.03. The van der Waals surface area contributed by atoms with Crippen LogP contribution in [-0.2, 0) is 4.79 Å². The van der Waals surface area contributed by atoms with Gasteiger partial charge in [-0.1, -0.05) is 26.0 Å². The summed E-state index contributed by atoms with van der Waals surface area (Å²) in [5.74, 6) is 0.694. The van der Waals surface area contributed by atoms with Crippen molar-refractivity contribution >= 4 is 11.6 Å². The minimum Gasteiger partial charge on any atom is -0.490 e. The van der Waals surface area contributed by atoms with Gasteiger partial charge in [-0.2, -0.15) is 5.10 Å². The number of hydrogen-bond donors (Lipinski definition) is 2. The fourth-order valence-electron chi connectivity index (χ4n) is 2.31. The number of benzene rings is 1. The Hall–Kier alpha value is -1.92. The Bertz CT molecular complexity index is 572. The number of hydrogen-bond acceptors (Lipinski definition) is 5. The van der Waals surface area contributed by atoms with Crippen molar-refractivity contribution in [2.75, 3.05) is 20.2 Å². The molecule has 1 aliphatic rings. The highest BCUT2D eigenvalue weighted by atomic mass is 16.5. The first-order chi connectivity index (χ1) is 11.0. The average Bonchev–Trinajstić information content (AvgIpc) is 2.54. The summed E-state index contributed by atoms with van der Waals surface area (Å²) in [6.07, 6.45) is 0.467. The molecule has 6 nitrogen and oxygen atoms in total. The van der Waals surface area contributed by atoms with E-state index in [2.05, 4.69) is 10.4 Å². The van der Waals surface area contributed by atoms with E-state index in [1.807, 2.05) is 38.1 Å². The molecule has 0 bridgehead atoms. The predicted molar refractivity (Wildman–Crippen MR) is 89.6 cm³/mol. The van der Waals surface area contributed by atoms with Crippen LogP contribution < -0.4 is 10.1 Å². The molecule has 0 saturated carbocycles. The summed E-state index contributed by atoms with van der Waals surface area (Å²) in [6.45, 7) is 4.75. The van der Waals surface area contributed by atoms with Crippen LogP contribution >= 0.6 is 0 Å². The largest absolute Gasteiger partial charge is 0.490 e. The molecular weight excluding hydrogens is 294 g/mol. The van der Waals surface area contributed by atoms with E-state index in [1.165, 1.54) is 5.01 Å². The number of nitrogens with one attached hydrogen (secondary N) is 1. The molecule has 2 N–H and O–H groups in total. The van der Waals surface area contributed by atoms with Crippen LogP contribution in [0.25, 0.3) is 0 Å². The third kappa shape index (κ3) is 5.04. The summed E-state index contributed by atoms with van der Waals surface area (Å²) >= 11 is 0. The summed E-state index contributed by atoms with van der Waals surface area (Å²) in [6, 6.07) is 7.91. The minimum atomic E-state index is -0.581. The van der Waals surface area contributed by atoms with Gasteiger partial charge in [-0.25, -0.2) is 5.01 Å². The van der Waals surface area contributed by atoms with E-state index in [-0.39, 0.29) is 12.5 Å². The zero-order chi connectivity index (χ0) is 16.8. The number of carbonyl (C=O) groups excluding carboxylic acids is 1. The monoisotopic (exact) mass is 319 g/mol. The van der Waals surface area contributed by atoms with Crippen molar-refractivity contribution in [1.82, 2.24) is 10.3 Å². The number of aliphatic hydroxyl groups is 1. The Labute approximate surface area is 137 Å². The highest BCUT2D eigenvalue weighted by Crippen LogP contribution is 2.23. The molecule has 0 aromatic heterocycles. The number of amides is 1. The maximum Gasteiger partial charge on any atom is 0.242 e. The summed E-state index contributed by atoms with van der Waals surface area (Å²) in [7, 11) is 1.66. The van der Waals surface area contributed by atoms with E-state index in [9.17, 15) is 9.90 Å². The van der Waals surface area contributed by atoms with Gasteiger partial charge in [0.1, 0.15) is 18.5 Å². The third-order valence-corrected chi connectivity index (χ3v) is 3.60. The summed E-state index contributed by atoms with van der Waals surface area (Å²) < 4.78 is 5.77. The average molecular weight is 319 g/mol. The lowest BCUT2D eigenvalue weighted by Gasteiger charge is -2.21. The van der Waals surface area contributed by atoms with Crippen molar-refractivity contribution in [3.05, 3.63) is 29.8 Å². The molecule has 0 saturated heterocycles. The zero-order valence-corrected chi connectivity index (χ0v) is 14.0. The van der Waals surface area contributed by atoms with Crippen molar-refractivity contribution in [2.45, 2.75) is 38.8 Å². The normalized spacial score (nSPS) is 16.5. The highest BCUT2D eigenvalue weighted by Gasteiger charge is 2.20. The van der Waals surface area contributed by atoms with Gasteiger partial charge < -0.3 is 15.2 Å². The van der Waals surface area contributed by atoms with Gasteiger partial charge in [0.05, 0.1) is 5.71 Å². The molecule has 0 fully saturated rings. The zero-order valence-electron chi connectivity index (χ0n) is 14.0. The van der Waals surface area contributed by atoms with Gasteiger partial charge in [0.15, 0.2) is 0 Å². The second-order valence-corrected chi connectivity index (χ2v) is 5.99. The minimum absolute atomic E-state index is 0.0160. The van der Waals surface area contributed by atoms with E-state index < -0.39 is 6.10 Å². The van der Waals surface area contributed by atoms with Crippen LogP contribution in [0.15, 0.2) is 29.4 Å². The topological polar surface area (TPSA) is 74.2 Å². The molecule has 1 aromatic carbocycles. The van der Waals surface area contributed by atoms with Crippen LogP contribution in [0.4, 0.5) is 0 Å².